The first-order valence-corrected chi connectivity index (χ1v) is 8.26. The lowest BCUT2D eigenvalue weighted by Gasteiger charge is -2.31. The second-order valence-electron chi connectivity index (χ2n) is 4.42. The van der Waals surface area contributed by atoms with Crippen molar-refractivity contribution in [2.24, 2.45) is 0 Å². The van der Waals surface area contributed by atoms with E-state index in [1.54, 1.807) is 0 Å². The van der Waals surface area contributed by atoms with Crippen molar-refractivity contribution in [3.05, 3.63) is 0 Å². The standard InChI is InChI=1S/C9H17BrOSi/c1-9(2,7-6-8-10)11-12(3,4)5/h7H2,1-5H3. The van der Waals surface area contributed by atoms with Crippen LogP contribution in [0.25, 0.3) is 0 Å². The zero-order valence-electron chi connectivity index (χ0n) is 8.49. The van der Waals surface area contributed by atoms with Crippen molar-refractivity contribution in [2.75, 3.05) is 0 Å². The van der Waals surface area contributed by atoms with Crippen molar-refractivity contribution in [3.63, 3.8) is 0 Å². The molecule has 3 heteroatoms. The fourth-order valence-electron chi connectivity index (χ4n) is 1.11. The Balaban J connectivity index is 4.10. The molecule has 0 radical (unpaired) electrons. The fourth-order valence-corrected chi connectivity index (χ4v) is 2.98. The first-order valence-electron chi connectivity index (χ1n) is 4.05. The molecular weight excluding hydrogens is 232 g/mol. The predicted octanol–water partition coefficient (Wildman–Crippen LogP) is 3.36. The minimum absolute atomic E-state index is 0.106. The minimum Gasteiger partial charge on any atom is -0.412 e. The van der Waals surface area contributed by atoms with Crippen molar-refractivity contribution < 1.29 is 4.43 Å². The fraction of sp³-hybridized carbons (Fsp3) is 0.778. The lowest BCUT2D eigenvalue weighted by Crippen LogP contribution is -2.38. The van der Waals surface area contributed by atoms with Crippen LogP contribution in [0.4, 0.5) is 0 Å². The third-order valence-electron chi connectivity index (χ3n) is 1.16. The van der Waals surface area contributed by atoms with Crippen LogP contribution < -0.4 is 0 Å². The molecule has 0 aliphatic carbocycles. The van der Waals surface area contributed by atoms with Gasteiger partial charge in [-0.3, -0.25) is 0 Å². The van der Waals surface area contributed by atoms with Crippen molar-refractivity contribution in [1.82, 2.24) is 0 Å². The van der Waals surface area contributed by atoms with Crippen molar-refractivity contribution in [2.45, 2.75) is 45.5 Å². The average molecular weight is 249 g/mol. The van der Waals surface area contributed by atoms with Crippen LogP contribution in [-0.2, 0) is 4.43 Å². The summed E-state index contributed by atoms with van der Waals surface area (Å²) in [5.74, 6) is 2.98. The summed E-state index contributed by atoms with van der Waals surface area (Å²) in [6.07, 6.45) is 0.780. The van der Waals surface area contributed by atoms with Gasteiger partial charge in [0, 0.05) is 22.4 Å². The van der Waals surface area contributed by atoms with Gasteiger partial charge in [-0.05, 0) is 38.3 Å². The maximum absolute atomic E-state index is 5.94. The van der Waals surface area contributed by atoms with Gasteiger partial charge >= 0.3 is 0 Å². The zero-order valence-corrected chi connectivity index (χ0v) is 11.1. The number of hydrogen-bond donors (Lipinski definition) is 0. The lowest BCUT2D eigenvalue weighted by atomic mass is 10.1. The van der Waals surface area contributed by atoms with Gasteiger partial charge in [-0.2, -0.15) is 0 Å². The van der Waals surface area contributed by atoms with Crippen LogP contribution >= 0.6 is 15.9 Å². The van der Waals surface area contributed by atoms with Crippen LogP contribution in [0, 0.1) is 10.8 Å². The normalized spacial score (nSPS) is 12.2. The summed E-state index contributed by atoms with van der Waals surface area (Å²) < 4.78 is 5.94. The van der Waals surface area contributed by atoms with Crippen LogP contribution in [0.15, 0.2) is 0 Å². The minimum atomic E-state index is -1.43. The smallest absolute Gasteiger partial charge is 0.184 e. The summed E-state index contributed by atoms with van der Waals surface area (Å²) in [7, 11) is -1.43. The molecule has 0 aromatic heterocycles. The maximum atomic E-state index is 5.94. The molecule has 0 spiro atoms. The highest BCUT2D eigenvalue weighted by molar-refractivity contribution is 9.12. The Morgan fingerprint density at radius 3 is 2.17 bits per heavy atom. The Bertz CT molecular complexity index is 195. The molecule has 0 aliphatic heterocycles. The summed E-state index contributed by atoms with van der Waals surface area (Å²) in [5, 5.41) is 0. The van der Waals surface area contributed by atoms with Crippen LogP contribution in [-0.4, -0.2) is 13.9 Å². The van der Waals surface area contributed by atoms with Crippen molar-refractivity contribution >= 4 is 24.2 Å². The Morgan fingerprint density at radius 1 is 1.33 bits per heavy atom. The van der Waals surface area contributed by atoms with Gasteiger partial charge in [0.05, 0.1) is 5.60 Å². The first-order chi connectivity index (χ1) is 5.27. The summed E-state index contributed by atoms with van der Waals surface area (Å²) in [4.78, 5) is 2.71. The molecule has 12 heavy (non-hydrogen) atoms. The van der Waals surface area contributed by atoms with Crippen LogP contribution in [0.5, 0.6) is 0 Å². The van der Waals surface area contributed by atoms with Crippen LogP contribution in [0.2, 0.25) is 19.6 Å². The Hall–Kier alpha value is 0.217. The van der Waals surface area contributed by atoms with E-state index in [-0.39, 0.29) is 5.60 Å². The van der Waals surface area contributed by atoms with E-state index in [9.17, 15) is 0 Å². The summed E-state index contributed by atoms with van der Waals surface area (Å²) in [6.45, 7) is 10.7. The molecule has 0 heterocycles. The SMILES string of the molecule is CC(C)(CC#CBr)O[Si](C)(C)C. The average Bonchev–Trinajstić information content (AvgIpc) is 1.78. The quantitative estimate of drug-likeness (QED) is 0.550. The van der Waals surface area contributed by atoms with Gasteiger partial charge in [-0.15, -0.1) is 0 Å². The van der Waals surface area contributed by atoms with Gasteiger partial charge in [-0.1, -0.05) is 5.92 Å². The topological polar surface area (TPSA) is 9.23 Å². The van der Waals surface area contributed by atoms with Gasteiger partial charge in [0.2, 0.25) is 0 Å². The molecule has 0 N–H and O–H groups in total. The third-order valence-corrected chi connectivity index (χ3v) is 2.61. The Morgan fingerprint density at radius 2 is 1.83 bits per heavy atom. The van der Waals surface area contributed by atoms with E-state index in [4.69, 9.17) is 4.43 Å². The molecule has 0 rings (SSSR count). The largest absolute Gasteiger partial charge is 0.412 e. The highest BCUT2D eigenvalue weighted by Gasteiger charge is 2.26. The van der Waals surface area contributed by atoms with E-state index < -0.39 is 8.32 Å². The predicted molar refractivity (Wildman–Crippen MR) is 59.8 cm³/mol. The van der Waals surface area contributed by atoms with E-state index in [0.717, 1.165) is 6.42 Å². The molecule has 1 nitrogen and oxygen atoms in total. The molecule has 0 atom stereocenters. The molecule has 0 aromatic carbocycles. The van der Waals surface area contributed by atoms with Crippen molar-refractivity contribution in [1.29, 1.82) is 0 Å². The van der Waals surface area contributed by atoms with E-state index in [0.29, 0.717) is 0 Å². The Labute approximate surface area is 85.1 Å². The van der Waals surface area contributed by atoms with Gasteiger partial charge in [0.1, 0.15) is 0 Å². The second kappa shape index (κ2) is 4.45. The molecule has 0 bridgehead atoms. The van der Waals surface area contributed by atoms with E-state index in [1.165, 1.54) is 0 Å². The van der Waals surface area contributed by atoms with Crippen molar-refractivity contribution in [3.8, 4) is 10.8 Å². The summed E-state index contributed by atoms with van der Waals surface area (Å²) in [6, 6.07) is 0. The number of halogens is 1. The van der Waals surface area contributed by atoms with E-state index >= 15 is 0 Å². The molecule has 70 valence electrons. The van der Waals surface area contributed by atoms with E-state index in [2.05, 4.69) is 60.2 Å². The molecular formula is C9H17BrOSi. The Kier molecular flexibility index (Phi) is 4.53. The molecule has 0 saturated carbocycles. The van der Waals surface area contributed by atoms with Gasteiger partial charge < -0.3 is 4.43 Å². The monoisotopic (exact) mass is 248 g/mol. The number of hydrogen-bond acceptors (Lipinski definition) is 1. The summed E-state index contributed by atoms with van der Waals surface area (Å²) >= 11 is 3.08. The molecule has 0 aromatic rings. The van der Waals surface area contributed by atoms with Crippen LogP contribution in [0.1, 0.15) is 20.3 Å². The third kappa shape index (κ3) is 6.90. The molecule has 0 unspecified atom stereocenters. The summed E-state index contributed by atoms with van der Waals surface area (Å²) in [5.41, 5.74) is -0.106. The molecule has 0 aliphatic rings. The molecule has 0 amide bonds. The number of rotatable bonds is 3. The highest BCUT2D eigenvalue weighted by atomic mass is 79.9. The molecule has 0 fully saturated rings. The maximum Gasteiger partial charge on any atom is 0.184 e. The zero-order chi connectivity index (χ0) is 9.83. The highest BCUT2D eigenvalue weighted by Crippen LogP contribution is 2.20. The molecule has 0 saturated heterocycles. The van der Waals surface area contributed by atoms with Crippen LogP contribution in [0.3, 0.4) is 0 Å². The van der Waals surface area contributed by atoms with Gasteiger partial charge in [0.15, 0.2) is 8.32 Å². The second-order valence-corrected chi connectivity index (χ2v) is 9.25. The first kappa shape index (κ1) is 12.2. The van der Waals surface area contributed by atoms with Gasteiger partial charge in [-0.25, -0.2) is 0 Å². The lowest BCUT2D eigenvalue weighted by molar-refractivity contribution is 0.107. The van der Waals surface area contributed by atoms with E-state index in [1.807, 2.05) is 0 Å². The van der Waals surface area contributed by atoms with Gasteiger partial charge in [0.25, 0.3) is 0 Å².